The average Bonchev–Trinajstić information content (AvgIpc) is 2.90. The quantitative estimate of drug-likeness (QED) is 0.876. The molecule has 4 nitrogen and oxygen atoms in total. The summed E-state index contributed by atoms with van der Waals surface area (Å²) in [6.45, 7) is 8.59. The lowest BCUT2D eigenvalue weighted by Gasteiger charge is -2.39. The van der Waals surface area contributed by atoms with E-state index in [1.165, 1.54) is 17.3 Å². The fraction of sp³-hybridized carbons (Fsp3) is 0.579. The Balaban J connectivity index is 1.64. The Morgan fingerprint density at radius 2 is 2.04 bits per heavy atom. The third-order valence-corrected chi connectivity index (χ3v) is 4.96. The molecule has 2 aliphatic rings. The molecule has 0 aromatic heterocycles. The van der Waals surface area contributed by atoms with E-state index in [0.717, 1.165) is 25.2 Å². The maximum atomic E-state index is 14.0. The topological polar surface area (TPSA) is 50.5 Å². The summed E-state index contributed by atoms with van der Waals surface area (Å²) < 4.78 is 33.4. The van der Waals surface area contributed by atoms with E-state index in [9.17, 15) is 8.78 Å². The highest BCUT2D eigenvalue weighted by Crippen LogP contribution is 2.32. The minimum atomic E-state index is -0.600. The van der Waals surface area contributed by atoms with Crippen molar-refractivity contribution in [1.82, 2.24) is 10.2 Å². The highest BCUT2D eigenvalue weighted by atomic mass is 19.1. The first-order valence-electron chi connectivity index (χ1n) is 8.86. The zero-order chi connectivity index (χ0) is 18.1. The molecule has 2 heterocycles. The molecule has 0 saturated carbocycles. The molecule has 2 aliphatic heterocycles. The molecule has 3 rings (SSSR count). The van der Waals surface area contributed by atoms with E-state index in [0.29, 0.717) is 19.1 Å². The van der Waals surface area contributed by atoms with Crippen molar-refractivity contribution in [3.05, 3.63) is 46.7 Å². The Bertz CT molecular complexity index is 662. The molecule has 1 aromatic rings. The second kappa shape index (κ2) is 7.40. The van der Waals surface area contributed by atoms with Crippen LogP contribution in [0.3, 0.4) is 0 Å². The standard InChI is InChI=1S/C19H27F2N3O/c1-11(2)23-18-9-24(8-12(18)3)14-7-17(22)19(25-10-14)15-6-13(20)4-5-16(15)21/h4-6,11,14,17,19,23H,7-10,22H2,1-3H3/t14-,17+,19-/m1/s1. The van der Waals surface area contributed by atoms with Gasteiger partial charge in [0.25, 0.3) is 0 Å². The third kappa shape index (κ3) is 4.02. The van der Waals surface area contributed by atoms with Crippen LogP contribution in [-0.4, -0.2) is 42.7 Å². The van der Waals surface area contributed by atoms with Gasteiger partial charge in [0.2, 0.25) is 0 Å². The molecule has 0 unspecified atom stereocenters. The molecule has 6 heteroatoms. The molecule has 138 valence electrons. The van der Waals surface area contributed by atoms with Crippen LogP contribution in [-0.2, 0) is 4.74 Å². The lowest BCUT2D eigenvalue weighted by molar-refractivity contribution is -0.0465. The van der Waals surface area contributed by atoms with Crippen LogP contribution in [0.5, 0.6) is 0 Å². The molecule has 1 fully saturated rings. The summed E-state index contributed by atoms with van der Waals surface area (Å²) in [5, 5.41) is 3.49. The van der Waals surface area contributed by atoms with Crippen LogP contribution in [0.15, 0.2) is 29.5 Å². The highest BCUT2D eigenvalue weighted by molar-refractivity contribution is 5.24. The number of halogens is 2. The van der Waals surface area contributed by atoms with Gasteiger partial charge in [-0.25, -0.2) is 8.78 Å². The molecular weight excluding hydrogens is 324 g/mol. The monoisotopic (exact) mass is 351 g/mol. The molecule has 25 heavy (non-hydrogen) atoms. The van der Waals surface area contributed by atoms with Crippen LogP contribution in [0, 0.1) is 11.6 Å². The number of hydrogen-bond donors (Lipinski definition) is 2. The molecule has 1 aromatic carbocycles. The highest BCUT2D eigenvalue weighted by Gasteiger charge is 2.36. The number of nitrogens with two attached hydrogens (primary N) is 1. The van der Waals surface area contributed by atoms with Crippen molar-refractivity contribution in [3.63, 3.8) is 0 Å². The fourth-order valence-corrected chi connectivity index (χ4v) is 3.72. The minimum absolute atomic E-state index is 0.185. The molecule has 0 bridgehead atoms. The lowest BCUT2D eigenvalue weighted by Crippen LogP contribution is -2.49. The number of rotatable bonds is 4. The Morgan fingerprint density at radius 1 is 1.28 bits per heavy atom. The van der Waals surface area contributed by atoms with E-state index in [1.807, 2.05) is 0 Å². The minimum Gasteiger partial charge on any atom is -0.385 e. The summed E-state index contributed by atoms with van der Waals surface area (Å²) in [6.07, 6.45) is 0.0972. The van der Waals surface area contributed by atoms with E-state index in [2.05, 4.69) is 31.0 Å². The van der Waals surface area contributed by atoms with Crippen molar-refractivity contribution in [2.75, 3.05) is 19.7 Å². The van der Waals surface area contributed by atoms with Gasteiger partial charge in [-0.15, -0.1) is 0 Å². The zero-order valence-corrected chi connectivity index (χ0v) is 15.1. The molecule has 3 N–H and O–H groups in total. The van der Waals surface area contributed by atoms with Gasteiger partial charge < -0.3 is 15.8 Å². The second-order valence-electron chi connectivity index (χ2n) is 7.44. The van der Waals surface area contributed by atoms with Gasteiger partial charge in [-0.2, -0.15) is 0 Å². The maximum absolute atomic E-state index is 14.0. The van der Waals surface area contributed by atoms with Crippen molar-refractivity contribution in [2.45, 2.75) is 51.4 Å². The van der Waals surface area contributed by atoms with Crippen LogP contribution >= 0.6 is 0 Å². The van der Waals surface area contributed by atoms with Crippen molar-refractivity contribution in [3.8, 4) is 0 Å². The van der Waals surface area contributed by atoms with Crippen LogP contribution in [0.4, 0.5) is 8.78 Å². The molecular formula is C19H27F2N3O. The van der Waals surface area contributed by atoms with Crippen LogP contribution in [0.2, 0.25) is 0 Å². The Hall–Kier alpha value is -1.50. The van der Waals surface area contributed by atoms with Gasteiger partial charge in [-0.3, -0.25) is 4.90 Å². The molecule has 3 atom stereocenters. The summed E-state index contributed by atoms with van der Waals surface area (Å²) in [5.41, 5.74) is 9.08. The molecule has 1 saturated heterocycles. The largest absolute Gasteiger partial charge is 0.385 e. The third-order valence-electron chi connectivity index (χ3n) is 4.96. The van der Waals surface area contributed by atoms with Gasteiger partial charge in [0, 0.05) is 42.5 Å². The Kier molecular flexibility index (Phi) is 5.41. The SMILES string of the molecule is CC1=C(NC(C)C)CN([C@H]2CO[C@H](c3cc(F)ccc3F)[C@@H](N)C2)C1. The summed E-state index contributed by atoms with van der Waals surface area (Å²) in [4.78, 5) is 2.35. The van der Waals surface area contributed by atoms with E-state index in [1.54, 1.807) is 0 Å². The van der Waals surface area contributed by atoms with Gasteiger partial charge in [0.05, 0.1) is 6.61 Å². The van der Waals surface area contributed by atoms with E-state index >= 15 is 0 Å². The molecule has 0 radical (unpaired) electrons. The van der Waals surface area contributed by atoms with Crippen LogP contribution < -0.4 is 11.1 Å². The smallest absolute Gasteiger partial charge is 0.129 e. The molecule has 0 aliphatic carbocycles. The molecule has 0 amide bonds. The van der Waals surface area contributed by atoms with Crippen molar-refractivity contribution in [2.24, 2.45) is 5.73 Å². The van der Waals surface area contributed by atoms with Crippen LogP contribution in [0.1, 0.15) is 38.9 Å². The predicted molar refractivity (Wildman–Crippen MR) is 94.0 cm³/mol. The lowest BCUT2D eigenvalue weighted by atomic mass is 9.93. The van der Waals surface area contributed by atoms with Gasteiger partial charge in [-0.1, -0.05) is 0 Å². The normalized spacial score (nSPS) is 28.0. The first kappa shape index (κ1) is 18.3. The van der Waals surface area contributed by atoms with Crippen LogP contribution in [0.25, 0.3) is 0 Å². The van der Waals surface area contributed by atoms with Crippen molar-refractivity contribution < 1.29 is 13.5 Å². The van der Waals surface area contributed by atoms with Gasteiger partial charge in [-0.05, 0) is 51.0 Å². The maximum Gasteiger partial charge on any atom is 0.129 e. The fourth-order valence-electron chi connectivity index (χ4n) is 3.72. The Morgan fingerprint density at radius 3 is 2.72 bits per heavy atom. The van der Waals surface area contributed by atoms with Crippen molar-refractivity contribution >= 4 is 0 Å². The van der Waals surface area contributed by atoms with Crippen molar-refractivity contribution in [1.29, 1.82) is 0 Å². The zero-order valence-electron chi connectivity index (χ0n) is 15.1. The number of nitrogens with one attached hydrogen (secondary N) is 1. The first-order valence-corrected chi connectivity index (χ1v) is 8.86. The Labute approximate surface area is 148 Å². The van der Waals surface area contributed by atoms with Gasteiger partial charge in [0.1, 0.15) is 17.7 Å². The number of ether oxygens (including phenoxy) is 1. The van der Waals surface area contributed by atoms with E-state index in [-0.39, 0.29) is 17.6 Å². The van der Waals surface area contributed by atoms with E-state index < -0.39 is 17.7 Å². The summed E-state index contributed by atoms with van der Waals surface area (Å²) in [7, 11) is 0. The van der Waals surface area contributed by atoms with Gasteiger partial charge >= 0.3 is 0 Å². The number of hydrogen-bond acceptors (Lipinski definition) is 4. The molecule has 0 spiro atoms. The predicted octanol–water partition coefficient (Wildman–Crippen LogP) is 2.71. The average molecular weight is 351 g/mol. The number of nitrogens with zero attached hydrogens (tertiary/aromatic N) is 1. The summed E-state index contributed by atoms with van der Waals surface area (Å²) >= 11 is 0. The number of benzene rings is 1. The first-order chi connectivity index (χ1) is 11.8. The van der Waals surface area contributed by atoms with Gasteiger partial charge in [0.15, 0.2) is 0 Å². The second-order valence-corrected chi connectivity index (χ2v) is 7.44. The summed E-state index contributed by atoms with van der Waals surface area (Å²) in [5.74, 6) is -0.944. The van der Waals surface area contributed by atoms with E-state index in [4.69, 9.17) is 10.5 Å². The summed E-state index contributed by atoms with van der Waals surface area (Å²) in [6, 6.07) is 3.64.